The first kappa shape index (κ1) is 15.4. The van der Waals surface area contributed by atoms with Crippen LogP contribution in [0.2, 0.25) is 0 Å². The lowest BCUT2D eigenvalue weighted by atomic mass is 9.82. The molecule has 1 aliphatic carbocycles. The van der Waals surface area contributed by atoms with Crippen molar-refractivity contribution in [2.45, 2.75) is 61.1 Å². The Bertz CT molecular complexity index is 472. The number of aliphatic carboxylic acids is 1. The van der Waals surface area contributed by atoms with E-state index in [1.54, 1.807) is 11.8 Å². The fourth-order valence-corrected chi connectivity index (χ4v) is 4.02. The second-order valence-corrected chi connectivity index (χ2v) is 7.40. The largest absolute Gasteiger partial charge is 0.480 e. The average Bonchev–Trinajstić information content (AvgIpc) is 2.39. The van der Waals surface area contributed by atoms with Gasteiger partial charge in [0.25, 0.3) is 0 Å². The molecule has 3 nitrogen and oxygen atoms in total. The lowest BCUT2D eigenvalue weighted by Crippen LogP contribution is -2.51. The van der Waals surface area contributed by atoms with E-state index in [-0.39, 0.29) is 0 Å². The van der Waals surface area contributed by atoms with Crippen LogP contribution >= 0.6 is 11.8 Å². The molecule has 1 aliphatic rings. The summed E-state index contributed by atoms with van der Waals surface area (Å²) in [7, 11) is 0. The number of carbonyl (C=O) groups is 1. The molecular weight excluding hydrogens is 270 g/mol. The molecule has 0 spiro atoms. The Kier molecular flexibility index (Phi) is 4.76. The van der Waals surface area contributed by atoms with Crippen LogP contribution in [0.25, 0.3) is 0 Å². The Balaban J connectivity index is 2.01. The van der Waals surface area contributed by atoms with Crippen LogP contribution in [0.1, 0.15) is 51.0 Å². The summed E-state index contributed by atoms with van der Waals surface area (Å²) in [5.74, 6) is -0.328. The van der Waals surface area contributed by atoms with Gasteiger partial charge in [-0.1, -0.05) is 26.0 Å². The van der Waals surface area contributed by atoms with Crippen LogP contribution < -0.4 is 5.73 Å². The molecule has 1 aromatic rings. The van der Waals surface area contributed by atoms with Crippen molar-refractivity contribution in [2.75, 3.05) is 0 Å². The lowest BCUT2D eigenvalue weighted by Gasteiger charge is -2.34. The van der Waals surface area contributed by atoms with Crippen LogP contribution in [-0.2, 0) is 4.79 Å². The summed E-state index contributed by atoms with van der Waals surface area (Å²) < 4.78 is 0. The minimum atomic E-state index is -1.03. The van der Waals surface area contributed by atoms with Crippen molar-refractivity contribution in [3.05, 3.63) is 29.8 Å². The number of benzene rings is 1. The topological polar surface area (TPSA) is 63.3 Å². The third kappa shape index (κ3) is 3.55. The third-order valence-electron chi connectivity index (χ3n) is 4.02. The zero-order chi connectivity index (χ0) is 14.8. The summed E-state index contributed by atoms with van der Waals surface area (Å²) >= 11 is 1.76. The van der Waals surface area contributed by atoms with Gasteiger partial charge >= 0.3 is 5.97 Å². The van der Waals surface area contributed by atoms with E-state index in [9.17, 15) is 9.90 Å². The van der Waals surface area contributed by atoms with Gasteiger partial charge in [-0.05, 0) is 49.3 Å². The minimum Gasteiger partial charge on any atom is -0.480 e. The van der Waals surface area contributed by atoms with Crippen molar-refractivity contribution in [3.8, 4) is 0 Å². The molecule has 0 aromatic heterocycles. The van der Waals surface area contributed by atoms with Crippen molar-refractivity contribution in [3.63, 3.8) is 0 Å². The molecule has 110 valence electrons. The van der Waals surface area contributed by atoms with E-state index < -0.39 is 11.5 Å². The highest BCUT2D eigenvalue weighted by atomic mass is 32.2. The van der Waals surface area contributed by atoms with Gasteiger partial charge in [0.2, 0.25) is 0 Å². The van der Waals surface area contributed by atoms with E-state index in [0.29, 0.717) is 24.0 Å². The molecule has 2 atom stereocenters. The first-order chi connectivity index (χ1) is 9.40. The maximum Gasteiger partial charge on any atom is 0.323 e. The number of rotatable bonds is 4. The third-order valence-corrected chi connectivity index (χ3v) is 5.30. The lowest BCUT2D eigenvalue weighted by molar-refractivity contribution is -0.144. The van der Waals surface area contributed by atoms with Gasteiger partial charge in [-0.3, -0.25) is 4.79 Å². The summed E-state index contributed by atoms with van der Waals surface area (Å²) in [6.45, 7) is 4.36. The second kappa shape index (κ2) is 6.19. The first-order valence-electron chi connectivity index (χ1n) is 7.19. The summed E-state index contributed by atoms with van der Waals surface area (Å²) in [5.41, 5.74) is 6.29. The molecule has 1 saturated carbocycles. The van der Waals surface area contributed by atoms with Gasteiger partial charge < -0.3 is 10.8 Å². The van der Waals surface area contributed by atoms with E-state index in [4.69, 9.17) is 5.73 Å². The summed E-state index contributed by atoms with van der Waals surface area (Å²) in [4.78, 5) is 12.5. The fourth-order valence-electron chi connectivity index (χ4n) is 2.67. The van der Waals surface area contributed by atoms with E-state index >= 15 is 0 Å². The molecule has 20 heavy (non-hydrogen) atoms. The standard InChI is InChI=1S/C16H23NO2S/c1-11(2)12-5-7-13(8-6-12)20-14-4-3-9-16(17,10-14)15(18)19/h5-8,11,14H,3-4,9-10,17H2,1-2H3,(H,18,19). The molecule has 1 fully saturated rings. The number of nitrogens with two attached hydrogens (primary N) is 1. The van der Waals surface area contributed by atoms with Crippen molar-refractivity contribution in [1.29, 1.82) is 0 Å². The van der Waals surface area contributed by atoms with Gasteiger partial charge in [-0.25, -0.2) is 0 Å². The molecule has 0 amide bonds. The Hall–Kier alpha value is -1.00. The van der Waals surface area contributed by atoms with Gasteiger partial charge in [-0.2, -0.15) is 0 Å². The number of carboxylic acids is 1. The van der Waals surface area contributed by atoms with Crippen molar-refractivity contribution in [1.82, 2.24) is 0 Å². The van der Waals surface area contributed by atoms with Gasteiger partial charge in [-0.15, -0.1) is 11.8 Å². The highest BCUT2D eigenvalue weighted by Crippen LogP contribution is 2.37. The molecular formula is C16H23NO2S. The molecule has 2 rings (SSSR count). The SMILES string of the molecule is CC(C)c1ccc(SC2CCCC(N)(C(=O)O)C2)cc1. The predicted molar refractivity (Wildman–Crippen MR) is 83.2 cm³/mol. The quantitative estimate of drug-likeness (QED) is 0.890. The van der Waals surface area contributed by atoms with Gasteiger partial charge in [0.05, 0.1) is 0 Å². The molecule has 0 heterocycles. The number of hydrogen-bond donors (Lipinski definition) is 2. The molecule has 2 unspecified atom stereocenters. The van der Waals surface area contributed by atoms with Gasteiger partial charge in [0, 0.05) is 10.1 Å². The summed E-state index contributed by atoms with van der Waals surface area (Å²) in [6, 6.07) is 8.58. The van der Waals surface area contributed by atoms with Gasteiger partial charge in [0.15, 0.2) is 0 Å². The molecule has 0 bridgehead atoms. The Morgan fingerprint density at radius 1 is 1.40 bits per heavy atom. The smallest absolute Gasteiger partial charge is 0.323 e. The maximum atomic E-state index is 11.3. The van der Waals surface area contributed by atoms with E-state index in [2.05, 4.69) is 38.1 Å². The highest BCUT2D eigenvalue weighted by molar-refractivity contribution is 8.00. The molecule has 0 radical (unpaired) electrons. The van der Waals surface area contributed by atoms with E-state index in [0.717, 1.165) is 12.8 Å². The van der Waals surface area contributed by atoms with E-state index in [1.165, 1.54) is 10.5 Å². The van der Waals surface area contributed by atoms with Crippen LogP contribution in [0.15, 0.2) is 29.2 Å². The Labute approximate surface area is 124 Å². The number of hydrogen-bond acceptors (Lipinski definition) is 3. The van der Waals surface area contributed by atoms with Crippen molar-refractivity contribution in [2.24, 2.45) is 5.73 Å². The normalized spacial score (nSPS) is 26.7. The first-order valence-corrected chi connectivity index (χ1v) is 8.07. The molecule has 1 aromatic carbocycles. The second-order valence-electron chi connectivity index (χ2n) is 6.02. The predicted octanol–water partition coefficient (Wildman–Crippen LogP) is 3.63. The number of carboxylic acid groups (broad SMARTS) is 1. The monoisotopic (exact) mass is 293 g/mol. The average molecular weight is 293 g/mol. The Morgan fingerprint density at radius 3 is 2.60 bits per heavy atom. The van der Waals surface area contributed by atoms with Crippen LogP contribution in [0.3, 0.4) is 0 Å². The van der Waals surface area contributed by atoms with Crippen LogP contribution in [-0.4, -0.2) is 21.9 Å². The zero-order valence-corrected chi connectivity index (χ0v) is 13.0. The maximum absolute atomic E-state index is 11.3. The fraction of sp³-hybridized carbons (Fsp3) is 0.562. The highest BCUT2D eigenvalue weighted by Gasteiger charge is 2.39. The Morgan fingerprint density at radius 2 is 2.05 bits per heavy atom. The van der Waals surface area contributed by atoms with E-state index in [1.807, 2.05) is 0 Å². The molecule has 0 aliphatic heterocycles. The van der Waals surface area contributed by atoms with Gasteiger partial charge in [0.1, 0.15) is 5.54 Å². The van der Waals surface area contributed by atoms with Crippen LogP contribution in [0.5, 0.6) is 0 Å². The van der Waals surface area contributed by atoms with Crippen molar-refractivity contribution >= 4 is 17.7 Å². The van der Waals surface area contributed by atoms with Crippen LogP contribution in [0, 0.1) is 0 Å². The number of thioether (sulfide) groups is 1. The minimum absolute atomic E-state index is 0.301. The molecule has 3 N–H and O–H groups in total. The summed E-state index contributed by atoms with van der Waals surface area (Å²) in [6.07, 6.45) is 3.08. The molecule has 0 saturated heterocycles. The zero-order valence-electron chi connectivity index (χ0n) is 12.1. The molecule has 4 heteroatoms. The summed E-state index contributed by atoms with van der Waals surface area (Å²) in [5, 5.41) is 9.55. The van der Waals surface area contributed by atoms with Crippen molar-refractivity contribution < 1.29 is 9.90 Å². The van der Waals surface area contributed by atoms with Crippen LogP contribution in [0.4, 0.5) is 0 Å².